The van der Waals surface area contributed by atoms with Crippen molar-refractivity contribution in [2.45, 2.75) is 17.7 Å². The Balaban J connectivity index is 1.31. The van der Waals surface area contributed by atoms with Gasteiger partial charge < -0.3 is 15.0 Å². The lowest BCUT2D eigenvalue weighted by Crippen LogP contribution is -2.42. The molecule has 3 aromatic rings. The Bertz CT molecular complexity index is 1120. The van der Waals surface area contributed by atoms with Gasteiger partial charge in [0.1, 0.15) is 5.75 Å². The first-order valence-electron chi connectivity index (χ1n) is 10.6. The SMILES string of the molecule is COc1ccccc1NC(=O)C1CCN(C(=O)CSc2cccc3cccc(Cl)c23)CC1. The Hall–Kier alpha value is -2.70. The van der Waals surface area contributed by atoms with E-state index in [2.05, 4.69) is 5.32 Å². The van der Waals surface area contributed by atoms with Crippen LogP contribution in [0.5, 0.6) is 5.75 Å². The maximum absolute atomic E-state index is 12.8. The highest BCUT2D eigenvalue weighted by atomic mass is 35.5. The molecule has 0 bridgehead atoms. The van der Waals surface area contributed by atoms with Gasteiger partial charge in [-0.2, -0.15) is 0 Å². The Morgan fingerprint density at radius 3 is 2.53 bits per heavy atom. The predicted octanol–water partition coefficient (Wildman–Crippen LogP) is 5.47. The number of carbonyl (C=O) groups is 2. The van der Waals surface area contributed by atoms with E-state index < -0.39 is 0 Å². The molecule has 32 heavy (non-hydrogen) atoms. The van der Waals surface area contributed by atoms with E-state index in [0.717, 1.165) is 15.7 Å². The first-order valence-corrected chi connectivity index (χ1v) is 11.9. The summed E-state index contributed by atoms with van der Waals surface area (Å²) in [5.41, 5.74) is 0.670. The molecule has 5 nitrogen and oxygen atoms in total. The van der Waals surface area contributed by atoms with Crippen molar-refractivity contribution in [3.8, 4) is 5.75 Å². The number of piperidine rings is 1. The molecule has 0 atom stereocenters. The summed E-state index contributed by atoms with van der Waals surface area (Å²) in [6.07, 6.45) is 1.30. The number of anilines is 1. The molecular weight excluding hydrogens is 444 g/mol. The van der Waals surface area contributed by atoms with Crippen molar-refractivity contribution in [3.05, 3.63) is 65.7 Å². The average Bonchev–Trinajstić information content (AvgIpc) is 2.83. The first-order chi connectivity index (χ1) is 15.6. The normalized spacial score (nSPS) is 14.4. The number of thioether (sulfide) groups is 1. The molecule has 1 saturated heterocycles. The molecule has 2 amide bonds. The van der Waals surface area contributed by atoms with Crippen LogP contribution in [0.25, 0.3) is 10.8 Å². The van der Waals surface area contributed by atoms with Crippen molar-refractivity contribution in [1.82, 2.24) is 4.90 Å². The van der Waals surface area contributed by atoms with E-state index in [1.165, 1.54) is 11.8 Å². The highest BCUT2D eigenvalue weighted by Crippen LogP contribution is 2.33. The Morgan fingerprint density at radius 1 is 1.06 bits per heavy atom. The van der Waals surface area contributed by atoms with E-state index >= 15 is 0 Å². The Morgan fingerprint density at radius 2 is 1.78 bits per heavy atom. The molecule has 0 aromatic heterocycles. The number of likely N-dealkylation sites (tertiary alicyclic amines) is 1. The first kappa shape index (κ1) is 22.5. The number of hydrogen-bond acceptors (Lipinski definition) is 4. The molecule has 3 aromatic carbocycles. The maximum atomic E-state index is 12.8. The third-order valence-corrected chi connectivity index (χ3v) is 7.11. The zero-order valence-corrected chi connectivity index (χ0v) is 19.4. The van der Waals surface area contributed by atoms with E-state index in [0.29, 0.717) is 48.1 Å². The van der Waals surface area contributed by atoms with Gasteiger partial charge in [0.05, 0.1) is 18.6 Å². The largest absolute Gasteiger partial charge is 0.495 e. The Labute approximate surface area is 197 Å². The fourth-order valence-electron chi connectivity index (χ4n) is 3.99. The van der Waals surface area contributed by atoms with Gasteiger partial charge in [-0.1, -0.05) is 48.0 Å². The number of fused-ring (bicyclic) bond motifs is 1. The lowest BCUT2D eigenvalue weighted by atomic mass is 9.96. The van der Waals surface area contributed by atoms with Gasteiger partial charge in [0.15, 0.2) is 0 Å². The minimum absolute atomic E-state index is 0.0265. The lowest BCUT2D eigenvalue weighted by molar-refractivity contribution is -0.132. The number of amides is 2. The summed E-state index contributed by atoms with van der Waals surface area (Å²) in [7, 11) is 1.58. The fourth-order valence-corrected chi connectivity index (χ4v) is 5.34. The molecule has 0 spiro atoms. The zero-order valence-electron chi connectivity index (χ0n) is 17.8. The third kappa shape index (κ3) is 5.03. The van der Waals surface area contributed by atoms with Gasteiger partial charge in [0.2, 0.25) is 11.8 Å². The number of rotatable bonds is 6. The van der Waals surface area contributed by atoms with Crippen LogP contribution in [0.2, 0.25) is 5.02 Å². The van der Waals surface area contributed by atoms with Gasteiger partial charge in [0, 0.05) is 34.3 Å². The summed E-state index contributed by atoms with van der Waals surface area (Å²) >= 11 is 7.90. The molecule has 7 heteroatoms. The van der Waals surface area contributed by atoms with Gasteiger partial charge in [-0.25, -0.2) is 0 Å². The number of nitrogens with zero attached hydrogens (tertiary/aromatic N) is 1. The monoisotopic (exact) mass is 468 g/mol. The number of halogens is 1. The zero-order chi connectivity index (χ0) is 22.5. The minimum Gasteiger partial charge on any atom is -0.495 e. The van der Waals surface area contributed by atoms with Crippen molar-refractivity contribution < 1.29 is 14.3 Å². The molecule has 1 fully saturated rings. The summed E-state index contributed by atoms with van der Waals surface area (Å²) in [5, 5.41) is 5.71. The molecule has 0 radical (unpaired) electrons. The van der Waals surface area contributed by atoms with E-state index in [1.807, 2.05) is 65.6 Å². The van der Waals surface area contributed by atoms with Crippen molar-refractivity contribution >= 4 is 51.6 Å². The second-order valence-electron chi connectivity index (χ2n) is 7.73. The molecular formula is C25H25ClN2O3S. The van der Waals surface area contributed by atoms with Gasteiger partial charge >= 0.3 is 0 Å². The number of hydrogen-bond donors (Lipinski definition) is 1. The quantitative estimate of drug-likeness (QED) is 0.487. The van der Waals surface area contributed by atoms with Gasteiger partial charge in [-0.15, -0.1) is 11.8 Å². The minimum atomic E-state index is -0.117. The number of benzene rings is 3. The van der Waals surface area contributed by atoms with Crippen molar-refractivity contribution in [1.29, 1.82) is 0 Å². The van der Waals surface area contributed by atoms with E-state index in [4.69, 9.17) is 16.3 Å². The van der Waals surface area contributed by atoms with Crippen LogP contribution in [-0.2, 0) is 9.59 Å². The third-order valence-electron chi connectivity index (χ3n) is 5.75. The topological polar surface area (TPSA) is 58.6 Å². The average molecular weight is 469 g/mol. The van der Waals surface area contributed by atoms with Gasteiger partial charge in [-0.3, -0.25) is 9.59 Å². The van der Waals surface area contributed by atoms with Crippen molar-refractivity contribution in [2.24, 2.45) is 5.92 Å². The molecule has 166 valence electrons. The van der Waals surface area contributed by atoms with E-state index in [1.54, 1.807) is 7.11 Å². The second-order valence-corrected chi connectivity index (χ2v) is 9.15. The summed E-state index contributed by atoms with van der Waals surface area (Å²) in [6.45, 7) is 1.17. The molecule has 1 heterocycles. The van der Waals surface area contributed by atoms with Gasteiger partial charge in [-0.05, 0) is 42.5 Å². The molecule has 0 unspecified atom stereocenters. The molecule has 1 aliphatic heterocycles. The molecule has 1 aliphatic rings. The number of ether oxygens (including phenoxy) is 1. The molecule has 4 rings (SSSR count). The highest BCUT2D eigenvalue weighted by molar-refractivity contribution is 8.00. The van der Waals surface area contributed by atoms with Crippen LogP contribution in [-0.4, -0.2) is 42.7 Å². The van der Waals surface area contributed by atoms with Crippen LogP contribution >= 0.6 is 23.4 Å². The Kier molecular flexibility index (Phi) is 7.22. The van der Waals surface area contributed by atoms with Crippen molar-refractivity contribution in [3.63, 3.8) is 0 Å². The summed E-state index contributed by atoms with van der Waals surface area (Å²) in [5.74, 6) is 0.930. The van der Waals surface area contributed by atoms with E-state index in [-0.39, 0.29) is 17.7 Å². The summed E-state index contributed by atoms with van der Waals surface area (Å²) in [6, 6.07) is 19.2. The van der Waals surface area contributed by atoms with Crippen LogP contribution in [0.15, 0.2) is 65.6 Å². The maximum Gasteiger partial charge on any atom is 0.232 e. The van der Waals surface area contributed by atoms with Gasteiger partial charge in [0.25, 0.3) is 0 Å². The number of carbonyl (C=O) groups excluding carboxylic acids is 2. The number of methoxy groups -OCH3 is 1. The van der Waals surface area contributed by atoms with Crippen LogP contribution in [0.1, 0.15) is 12.8 Å². The smallest absolute Gasteiger partial charge is 0.232 e. The highest BCUT2D eigenvalue weighted by Gasteiger charge is 2.27. The standard InChI is InChI=1S/C25H25ClN2O3S/c1-31-21-10-3-2-9-20(21)27-25(30)18-12-14-28(15-13-18)23(29)16-32-22-11-5-7-17-6-4-8-19(26)24(17)22/h2-11,18H,12-16H2,1H3,(H,27,30). The van der Waals surface area contributed by atoms with Crippen LogP contribution in [0.3, 0.4) is 0 Å². The molecule has 1 N–H and O–H groups in total. The molecule has 0 saturated carbocycles. The summed E-state index contributed by atoms with van der Waals surface area (Å²) in [4.78, 5) is 28.4. The van der Waals surface area contributed by atoms with Crippen molar-refractivity contribution in [2.75, 3.05) is 31.3 Å². The second kappa shape index (κ2) is 10.3. The van der Waals surface area contributed by atoms with Crippen LogP contribution < -0.4 is 10.1 Å². The van der Waals surface area contributed by atoms with Crippen LogP contribution in [0.4, 0.5) is 5.69 Å². The fraction of sp³-hybridized carbons (Fsp3) is 0.280. The number of para-hydroxylation sites is 2. The lowest BCUT2D eigenvalue weighted by Gasteiger charge is -2.31. The number of nitrogens with one attached hydrogen (secondary N) is 1. The predicted molar refractivity (Wildman–Crippen MR) is 131 cm³/mol. The van der Waals surface area contributed by atoms with Crippen LogP contribution in [0, 0.1) is 5.92 Å². The van der Waals surface area contributed by atoms with E-state index in [9.17, 15) is 9.59 Å². The summed E-state index contributed by atoms with van der Waals surface area (Å²) < 4.78 is 5.30. The molecule has 0 aliphatic carbocycles.